The molecule has 0 atom stereocenters. The van der Waals surface area contributed by atoms with Crippen molar-refractivity contribution in [2.45, 2.75) is 11.8 Å². The number of hydrogen-bond acceptors (Lipinski definition) is 13. The van der Waals surface area contributed by atoms with Crippen molar-refractivity contribution in [3.05, 3.63) is 135 Å². The van der Waals surface area contributed by atoms with E-state index in [1.807, 2.05) is 6.92 Å². The number of rotatable bonds is 9. The number of Topliss-reactive ketones (excluding diaryl/α,β-unsaturated/α-hetero) is 2. The number of nitrogens with one attached hydrogen (secondary N) is 4. The number of urea groups is 1. The van der Waals surface area contributed by atoms with Gasteiger partial charge in [0.2, 0.25) is 11.6 Å². The SMILES string of the molecule is Cc1ccc(NN=C2C(=O)c3ccc(NC(=O)Nc4ccc5c(c4)C=C(S(=O)(=O)O)C(=NNc4ccc6cc(S(=O)(=O)O)ccc6c4)C5=O)cc3C=C2S(=O)(=O)O)cc1. The summed E-state index contributed by atoms with van der Waals surface area (Å²) < 4.78 is 102. The second-order valence-corrected chi connectivity index (χ2v) is 17.2. The number of allylic oxidation sites excluding steroid dienone is 2. The molecule has 0 saturated carbocycles. The lowest BCUT2D eigenvalue weighted by atomic mass is 9.94. The van der Waals surface area contributed by atoms with E-state index in [-0.39, 0.29) is 44.2 Å². The molecule has 0 aliphatic heterocycles. The Hall–Kier alpha value is -6.88. The highest BCUT2D eigenvalue weighted by Gasteiger charge is 2.34. The van der Waals surface area contributed by atoms with Gasteiger partial charge >= 0.3 is 6.03 Å². The summed E-state index contributed by atoms with van der Waals surface area (Å²) in [7, 11) is -14.4. The van der Waals surface area contributed by atoms with Crippen molar-refractivity contribution in [2.24, 2.45) is 10.2 Å². The highest BCUT2D eigenvalue weighted by Crippen LogP contribution is 2.31. The van der Waals surface area contributed by atoms with Gasteiger partial charge in [0, 0.05) is 22.5 Å². The highest BCUT2D eigenvalue weighted by atomic mass is 32.2. The molecular weight excluding hydrogens is 829 g/mol. The monoisotopic (exact) mass is 856 g/mol. The van der Waals surface area contributed by atoms with E-state index in [4.69, 9.17) is 0 Å². The normalized spacial score (nSPS) is 15.6. The summed E-state index contributed by atoms with van der Waals surface area (Å²) in [5, 5.41) is 13.9. The Labute approximate surface area is 335 Å². The number of amides is 2. The Morgan fingerprint density at radius 2 is 0.966 bits per heavy atom. The summed E-state index contributed by atoms with van der Waals surface area (Å²) in [6, 6.07) is 22.2. The second-order valence-electron chi connectivity index (χ2n) is 13.0. The van der Waals surface area contributed by atoms with Gasteiger partial charge in [0.05, 0.1) is 16.3 Å². The Morgan fingerprint density at radius 3 is 1.46 bits per heavy atom. The van der Waals surface area contributed by atoms with E-state index in [1.54, 1.807) is 24.3 Å². The highest BCUT2D eigenvalue weighted by molar-refractivity contribution is 7.91. The van der Waals surface area contributed by atoms with Crippen LogP contribution in [0.1, 0.15) is 37.4 Å². The van der Waals surface area contributed by atoms with Gasteiger partial charge in [-0.3, -0.25) is 34.1 Å². The number of nitrogens with zero attached hydrogens (tertiary/aromatic N) is 2. The molecule has 21 heteroatoms. The molecule has 18 nitrogen and oxygen atoms in total. The first-order valence-electron chi connectivity index (χ1n) is 16.8. The Kier molecular flexibility index (Phi) is 10.3. The zero-order chi connectivity index (χ0) is 42.4. The van der Waals surface area contributed by atoms with Crippen molar-refractivity contribution in [1.29, 1.82) is 0 Å². The van der Waals surface area contributed by atoms with E-state index in [0.717, 1.165) is 17.7 Å². The van der Waals surface area contributed by atoms with E-state index in [1.165, 1.54) is 72.8 Å². The average molecular weight is 857 g/mol. The molecule has 0 bridgehead atoms. The number of hydrazone groups is 2. The molecule has 0 fully saturated rings. The number of hydrogen-bond donors (Lipinski definition) is 7. The number of anilines is 4. The Balaban J connectivity index is 1.09. The predicted molar refractivity (Wildman–Crippen MR) is 220 cm³/mol. The summed E-state index contributed by atoms with van der Waals surface area (Å²) in [6.45, 7) is 1.86. The molecule has 7 N–H and O–H groups in total. The van der Waals surface area contributed by atoms with Crippen LogP contribution in [0.4, 0.5) is 27.5 Å². The minimum Gasteiger partial charge on any atom is -0.308 e. The molecule has 5 aromatic carbocycles. The van der Waals surface area contributed by atoms with Crippen molar-refractivity contribution in [3.8, 4) is 0 Å². The van der Waals surface area contributed by atoms with E-state index in [9.17, 15) is 53.3 Å². The first-order valence-corrected chi connectivity index (χ1v) is 21.2. The van der Waals surface area contributed by atoms with Crippen LogP contribution in [0, 0.1) is 6.92 Å². The van der Waals surface area contributed by atoms with Crippen LogP contribution in [-0.2, 0) is 30.4 Å². The fraction of sp³-hybridized carbons (Fsp3) is 0.0263. The van der Waals surface area contributed by atoms with E-state index < -0.39 is 69.2 Å². The lowest BCUT2D eigenvalue weighted by Gasteiger charge is -2.18. The quantitative estimate of drug-likeness (QED) is 0.0679. The molecular formula is C38H28N6O12S3. The first kappa shape index (κ1) is 40.3. The minimum atomic E-state index is -5.03. The summed E-state index contributed by atoms with van der Waals surface area (Å²) in [5.41, 5.74) is 5.86. The summed E-state index contributed by atoms with van der Waals surface area (Å²) in [4.78, 5) is 38.0. The van der Waals surface area contributed by atoms with Crippen LogP contribution >= 0.6 is 0 Å². The molecule has 0 aromatic heterocycles. The van der Waals surface area contributed by atoms with Crippen molar-refractivity contribution in [3.63, 3.8) is 0 Å². The molecule has 0 spiro atoms. The van der Waals surface area contributed by atoms with Crippen LogP contribution in [0.3, 0.4) is 0 Å². The number of carbonyl (C=O) groups excluding carboxylic acids is 3. The van der Waals surface area contributed by atoms with Crippen molar-refractivity contribution in [1.82, 2.24) is 0 Å². The lowest BCUT2D eigenvalue weighted by Crippen LogP contribution is -2.27. The zero-order valence-corrected chi connectivity index (χ0v) is 32.5. The molecule has 300 valence electrons. The van der Waals surface area contributed by atoms with Crippen LogP contribution < -0.4 is 21.5 Å². The Bertz CT molecular complexity index is 3140. The summed E-state index contributed by atoms with van der Waals surface area (Å²) >= 11 is 0. The van der Waals surface area contributed by atoms with Crippen LogP contribution in [0.2, 0.25) is 0 Å². The fourth-order valence-electron chi connectivity index (χ4n) is 6.05. The predicted octanol–water partition coefficient (Wildman–Crippen LogP) is 5.83. The van der Waals surface area contributed by atoms with Crippen LogP contribution in [-0.4, -0.2) is 67.9 Å². The fourth-order valence-corrected chi connectivity index (χ4v) is 7.89. The Morgan fingerprint density at radius 1 is 0.525 bits per heavy atom. The summed E-state index contributed by atoms with van der Waals surface area (Å²) in [6.07, 6.45) is 2.02. The number of aryl methyl sites for hydroxylation is 1. The van der Waals surface area contributed by atoms with E-state index in [2.05, 4.69) is 31.7 Å². The maximum absolute atomic E-state index is 13.5. The number of ketones is 2. The first-order chi connectivity index (χ1) is 27.7. The third kappa shape index (κ3) is 8.69. The van der Waals surface area contributed by atoms with Gasteiger partial charge in [-0.05, 0) is 114 Å². The van der Waals surface area contributed by atoms with Crippen LogP contribution in [0.25, 0.3) is 22.9 Å². The van der Waals surface area contributed by atoms with Gasteiger partial charge in [0.15, 0.2) is 11.4 Å². The third-order valence-corrected chi connectivity index (χ3v) is 11.5. The number of benzene rings is 5. The largest absolute Gasteiger partial charge is 0.323 e. The molecule has 5 aromatic rings. The molecule has 0 saturated heterocycles. The number of fused-ring (bicyclic) bond motifs is 3. The second kappa shape index (κ2) is 15.1. The van der Waals surface area contributed by atoms with Gasteiger partial charge in [-0.15, -0.1) is 0 Å². The third-order valence-electron chi connectivity index (χ3n) is 8.89. The molecule has 59 heavy (non-hydrogen) atoms. The van der Waals surface area contributed by atoms with Gasteiger partial charge in [0.25, 0.3) is 30.4 Å². The standard InChI is InChI=1S/C38H28N6O12S3/c1-20-2-6-25(7-3-20)41-43-34-32(58(51,52)53)18-23-15-26(9-12-30(23)36(34)45)39-38(47)40-27-10-13-31-24(16-27)19-33(59(54,55)56)35(37(31)46)44-42-28-8-4-22-17-29(57(48,49)50)11-5-21(22)14-28/h2-19,41-42H,1H3,(H2,39,40,47)(H,48,49,50)(H,51,52,53)(H,54,55,56). The lowest BCUT2D eigenvalue weighted by molar-refractivity contribution is 0.105. The van der Waals surface area contributed by atoms with Gasteiger partial charge in [-0.2, -0.15) is 35.5 Å². The van der Waals surface area contributed by atoms with E-state index in [0.29, 0.717) is 16.5 Å². The number of carbonyl (C=O) groups is 3. The molecule has 0 unspecified atom stereocenters. The van der Waals surface area contributed by atoms with Crippen molar-refractivity contribution in [2.75, 3.05) is 21.5 Å². The van der Waals surface area contributed by atoms with Gasteiger partial charge in [-0.25, -0.2) is 4.79 Å². The summed E-state index contributed by atoms with van der Waals surface area (Å²) in [5.74, 6) is -1.71. The van der Waals surface area contributed by atoms with Gasteiger partial charge in [0.1, 0.15) is 9.81 Å². The molecule has 2 amide bonds. The van der Waals surface area contributed by atoms with Gasteiger partial charge < -0.3 is 10.6 Å². The zero-order valence-electron chi connectivity index (χ0n) is 30.0. The van der Waals surface area contributed by atoms with E-state index >= 15 is 0 Å². The maximum Gasteiger partial charge on any atom is 0.323 e. The molecule has 0 heterocycles. The smallest absolute Gasteiger partial charge is 0.308 e. The molecule has 2 aliphatic carbocycles. The maximum atomic E-state index is 13.5. The van der Waals surface area contributed by atoms with Crippen LogP contribution in [0.15, 0.2) is 122 Å². The molecule has 0 radical (unpaired) electrons. The molecule has 2 aliphatic rings. The minimum absolute atomic E-state index is 0.00392. The van der Waals surface area contributed by atoms with Crippen molar-refractivity contribution < 1.29 is 53.3 Å². The van der Waals surface area contributed by atoms with Crippen molar-refractivity contribution >= 4 is 105 Å². The molecule has 7 rings (SSSR count). The van der Waals surface area contributed by atoms with Crippen LogP contribution in [0.5, 0.6) is 0 Å². The average Bonchev–Trinajstić information content (AvgIpc) is 3.16. The van der Waals surface area contributed by atoms with Gasteiger partial charge in [-0.1, -0.05) is 29.8 Å². The topological polar surface area (TPSA) is 287 Å².